The third-order valence-electron chi connectivity index (χ3n) is 3.16. The van der Waals surface area contributed by atoms with E-state index in [0.29, 0.717) is 22.6 Å². The van der Waals surface area contributed by atoms with E-state index in [4.69, 9.17) is 14.2 Å². The number of aromatic nitrogens is 1. The van der Waals surface area contributed by atoms with Crippen molar-refractivity contribution in [3.63, 3.8) is 0 Å². The number of amides is 1. The molecule has 0 spiro atoms. The Bertz CT molecular complexity index is 703. The monoisotopic (exact) mass is 330 g/mol. The maximum Gasteiger partial charge on any atom is 0.339 e. The van der Waals surface area contributed by atoms with Crippen molar-refractivity contribution in [2.24, 2.45) is 0 Å². The molecule has 1 aromatic carbocycles. The normalized spacial score (nSPS) is 9.92. The highest BCUT2D eigenvalue weighted by Crippen LogP contribution is 2.27. The second kappa shape index (κ2) is 8.52. The lowest BCUT2D eigenvalue weighted by Gasteiger charge is -2.10. The molecule has 0 aliphatic carbocycles. The van der Waals surface area contributed by atoms with Crippen LogP contribution in [0.5, 0.6) is 11.5 Å². The Morgan fingerprint density at radius 3 is 2.54 bits per heavy atom. The van der Waals surface area contributed by atoms with Crippen LogP contribution in [0.25, 0.3) is 0 Å². The van der Waals surface area contributed by atoms with Crippen LogP contribution in [0.3, 0.4) is 0 Å². The van der Waals surface area contributed by atoms with Crippen LogP contribution < -0.4 is 14.8 Å². The van der Waals surface area contributed by atoms with Crippen LogP contribution in [-0.2, 0) is 4.74 Å². The predicted octanol–water partition coefficient (Wildman–Crippen LogP) is 1.69. The van der Waals surface area contributed by atoms with E-state index < -0.39 is 5.97 Å². The Morgan fingerprint density at radius 2 is 1.88 bits per heavy atom. The van der Waals surface area contributed by atoms with Crippen LogP contribution >= 0.6 is 0 Å². The Kier molecular flexibility index (Phi) is 6.13. The number of rotatable bonds is 7. The average Bonchev–Trinajstić information content (AvgIpc) is 2.64. The van der Waals surface area contributed by atoms with Crippen molar-refractivity contribution < 1.29 is 23.8 Å². The molecule has 0 atom stereocenters. The quantitative estimate of drug-likeness (QED) is 0.614. The molecule has 0 radical (unpaired) electrons. The standard InChI is InChI=1S/C17H18N2O5/c1-22-14-6-5-12(10-15(14)23-2)16(20)19-8-9-24-17(21)13-4-3-7-18-11-13/h3-7,10-11H,8-9H2,1-2H3,(H,19,20). The zero-order valence-electron chi connectivity index (χ0n) is 13.4. The number of nitrogens with zero attached hydrogens (tertiary/aromatic N) is 1. The van der Waals surface area contributed by atoms with Crippen molar-refractivity contribution in [1.82, 2.24) is 10.3 Å². The van der Waals surface area contributed by atoms with Gasteiger partial charge in [0, 0.05) is 18.0 Å². The van der Waals surface area contributed by atoms with Gasteiger partial charge in [-0.3, -0.25) is 9.78 Å². The topological polar surface area (TPSA) is 86.8 Å². The number of esters is 1. The molecule has 2 rings (SSSR count). The molecule has 2 aromatic rings. The third-order valence-corrected chi connectivity index (χ3v) is 3.16. The highest BCUT2D eigenvalue weighted by atomic mass is 16.5. The van der Waals surface area contributed by atoms with Crippen molar-refractivity contribution in [3.8, 4) is 11.5 Å². The van der Waals surface area contributed by atoms with Gasteiger partial charge in [0.15, 0.2) is 11.5 Å². The van der Waals surface area contributed by atoms with Crippen LogP contribution in [-0.4, -0.2) is 44.2 Å². The molecule has 1 aromatic heterocycles. The molecule has 7 nitrogen and oxygen atoms in total. The summed E-state index contributed by atoms with van der Waals surface area (Å²) < 4.78 is 15.3. The van der Waals surface area contributed by atoms with Gasteiger partial charge in [0.1, 0.15) is 6.61 Å². The SMILES string of the molecule is COc1ccc(C(=O)NCCOC(=O)c2cccnc2)cc1OC. The van der Waals surface area contributed by atoms with Crippen molar-refractivity contribution in [3.05, 3.63) is 53.9 Å². The molecule has 0 aliphatic heterocycles. The maximum absolute atomic E-state index is 12.1. The van der Waals surface area contributed by atoms with Gasteiger partial charge in [-0.25, -0.2) is 4.79 Å². The number of carbonyl (C=O) groups excluding carboxylic acids is 2. The summed E-state index contributed by atoms with van der Waals surface area (Å²) in [5.74, 6) is 0.226. The van der Waals surface area contributed by atoms with Crippen molar-refractivity contribution in [2.45, 2.75) is 0 Å². The van der Waals surface area contributed by atoms with Crippen molar-refractivity contribution in [2.75, 3.05) is 27.4 Å². The van der Waals surface area contributed by atoms with Gasteiger partial charge in [-0.1, -0.05) is 0 Å². The van der Waals surface area contributed by atoms with Gasteiger partial charge >= 0.3 is 5.97 Å². The predicted molar refractivity (Wildman–Crippen MR) is 86.4 cm³/mol. The Morgan fingerprint density at radius 1 is 1.08 bits per heavy atom. The molecule has 7 heteroatoms. The minimum absolute atomic E-state index is 0.0623. The van der Waals surface area contributed by atoms with E-state index in [1.807, 2.05) is 0 Å². The summed E-state index contributed by atoms with van der Waals surface area (Å²) in [5, 5.41) is 2.67. The largest absolute Gasteiger partial charge is 0.493 e. The highest BCUT2D eigenvalue weighted by Gasteiger charge is 2.11. The zero-order chi connectivity index (χ0) is 17.4. The minimum Gasteiger partial charge on any atom is -0.493 e. The van der Waals surface area contributed by atoms with Crippen LogP contribution in [0, 0.1) is 0 Å². The average molecular weight is 330 g/mol. The first-order valence-corrected chi connectivity index (χ1v) is 7.23. The number of ether oxygens (including phenoxy) is 3. The molecule has 0 unspecified atom stereocenters. The number of pyridine rings is 1. The fourth-order valence-electron chi connectivity index (χ4n) is 1.95. The Hall–Kier alpha value is -3.09. The highest BCUT2D eigenvalue weighted by molar-refractivity contribution is 5.95. The Labute approximate surface area is 139 Å². The van der Waals surface area contributed by atoms with Gasteiger partial charge < -0.3 is 19.5 Å². The molecule has 0 saturated carbocycles. The summed E-state index contributed by atoms with van der Waals surface area (Å²) in [6.45, 7) is 0.256. The molecule has 1 heterocycles. The zero-order valence-corrected chi connectivity index (χ0v) is 13.4. The van der Waals surface area contributed by atoms with E-state index in [1.54, 1.807) is 36.5 Å². The van der Waals surface area contributed by atoms with Crippen LogP contribution in [0.4, 0.5) is 0 Å². The number of hydrogen-bond acceptors (Lipinski definition) is 6. The molecular weight excluding hydrogens is 312 g/mol. The first-order chi connectivity index (χ1) is 11.7. The molecule has 0 aliphatic rings. The van der Waals surface area contributed by atoms with E-state index in [9.17, 15) is 9.59 Å². The lowest BCUT2D eigenvalue weighted by atomic mass is 10.2. The molecule has 0 saturated heterocycles. The number of methoxy groups -OCH3 is 2. The van der Waals surface area contributed by atoms with Gasteiger partial charge in [0.25, 0.3) is 5.91 Å². The van der Waals surface area contributed by atoms with E-state index in [1.165, 1.54) is 20.4 Å². The van der Waals surface area contributed by atoms with Crippen LogP contribution in [0.2, 0.25) is 0 Å². The molecule has 24 heavy (non-hydrogen) atoms. The summed E-state index contributed by atoms with van der Waals surface area (Å²) in [5.41, 5.74) is 0.787. The second-order valence-electron chi connectivity index (χ2n) is 4.70. The summed E-state index contributed by atoms with van der Waals surface area (Å²) in [7, 11) is 3.02. The molecule has 0 fully saturated rings. The second-order valence-corrected chi connectivity index (χ2v) is 4.70. The van der Waals surface area contributed by atoms with E-state index in [2.05, 4.69) is 10.3 Å². The van der Waals surface area contributed by atoms with Gasteiger partial charge in [0.2, 0.25) is 0 Å². The Balaban J connectivity index is 1.82. The van der Waals surface area contributed by atoms with Crippen molar-refractivity contribution in [1.29, 1.82) is 0 Å². The number of benzene rings is 1. The first-order valence-electron chi connectivity index (χ1n) is 7.23. The lowest BCUT2D eigenvalue weighted by Crippen LogP contribution is -2.28. The van der Waals surface area contributed by atoms with Crippen molar-refractivity contribution >= 4 is 11.9 Å². The van der Waals surface area contributed by atoms with Crippen LogP contribution in [0.15, 0.2) is 42.7 Å². The lowest BCUT2D eigenvalue weighted by molar-refractivity contribution is 0.0502. The summed E-state index contributed by atoms with van der Waals surface area (Å²) in [6, 6.07) is 8.11. The van der Waals surface area contributed by atoms with E-state index in [-0.39, 0.29) is 19.1 Å². The molecule has 1 amide bonds. The molecule has 0 bridgehead atoms. The summed E-state index contributed by atoms with van der Waals surface area (Å²) >= 11 is 0. The third kappa shape index (κ3) is 4.45. The summed E-state index contributed by atoms with van der Waals surface area (Å²) in [6.07, 6.45) is 2.99. The fraction of sp³-hybridized carbons (Fsp3) is 0.235. The molecular formula is C17H18N2O5. The number of carbonyl (C=O) groups is 2. The first kappa shape index (κ1) is 17.3. The van der Waals surface area contributed by atoms with Gasteiger partial charge in [0.05, 0.1) is 26.3 Å². The van der Waals surface area contributed by atoms with Gasteiger partial charge in [-0.15, -0.1) is 0 Å². The maximum atomic E-state index is 12.1. The van der Waals surface area contributed by atoms with E-state index in [0.717, 1.165) is 0 Å². The van der Waals surface area contributed by atoms with E-state index >= 15 is 0 Å². The number of hydrogen-bond donors (Lipinski definition) is 1. The van der Waals surface area contributed by atoms with Crippen LogP contribution in [0.1, 0.15) is 20.7 Å². The van der Waals surface area contributed by atoms with Gasteiger partial charge in [-0.05, 0) is 30.3 Å². The fourth-order valence-corrected chi connectivity index (χ4v) is 1.95. The minimum atomic E-state index is -0.483. The molecule has 126 valence electrons. The smallest absolute Gasteiger partial charge is 0.339 e. The molecule has 1 N–H and O–H groups in total. The summed E-state index contributed by atoms with van der Waals surface area (Å²) in [4.78, 5) is 27.6. The number of nitrogens with one attached hydrogen (secondary N) is 1. The van der Waals surface area contributed by atoms with Gasteiger partial charge in [-0.2, -0.15) is 0 Å².